The predicted octanol–water partition coefficient (Wildman–Crippen LogP) is 4.03. The maximum absolute atomic E-state index is 13.4. The molecule has 2 amide bonds. The van der Waals surface area contributed by atoms with Crippen molar-refractivity contribution in [1.29, 1.82) is 0 Å². The van der Waals surface area contributed by atoms with Crippen LogP contribution in [0.1, 0.15) is 43.1 Å². The van der Waals surface area contributed by atoms with Crippen molar-refractivity contribution in [2.75, 3.05) is 23.3 Å². The van der Waals surface area contributed by atoms with Gasteiger partial charge in [0.05, 0.1) is 40.6 Å². The number of nitrogens with zero attached hydrogens (tertiary/aromatic N) is 5. The van der Waals surface area contributed by atoms with Gasteiger partial charge >= 0.3 is 0 Å². The summed E-state index contributed by atoms with van der Waals surface area (Å²) in [4.78, 5) is 36.4. The number of aromatic nitrogens is 4. The third-order valence-corrected chi connectivity index (χ3v) is 6.52. The van der Waals surface area contributed by atoms with E-state index in [1.165, 1.54) is 0 Å². The van der Waals surface area contributed by atoms with Gasteiger partial charge in [0.1, 0.15) is 5.82 Å². The van der Waals surface area contributed by atoms with E-state index in [1.807, 2.05) is 61.0 Å². The Balaban J connectivity index is 1.42. The molecule has 36 heavy (non-hydrogen) atoms. The summed E-state index contributed by atoms with van der Waals surface area (Å²) in [6, 6.07) is 15.4. The average molecular weight is 484 g/mol. The summed E-state index contributed by atoms with van der Waals surface area (Å²) in [5.41, 5.74) is 8.87. The zero-order valence-corrected chi connectivity index (χ0v) is 20.4. The fraction of sp³-hybridized carbons (Fsp3) is 0.296. The fourth-order valence-electron chi connectivity index (χ4n) is 4.60. The van der Waals surface area contributed by atoms with E-state index < -0.39 is 0 Å². The highest BCUT2D eigenvalue weighted by Gasteiger charge is 2.25. The zero-order chi connectivity index (χ0) is 25.2. The van der Waals surface area contributed by atoms with Crippen LogP contribution in [0.15, 0.2) is 60.9 Å². The van der Waals surface area contributed by atoms with Crippen LogP contribution >= 0.6 is 0 Å². The first-order valence-corrected chi connectivity index (χ1v) is 12.2. The van der Waals surface area contributed by atoms with Crippen molar-refractivity contribution < 1.29 is 9.59 Å². The number of rotatable bonds is 6. The highest BCUT2D eigenvalue weighted by Crippen LogP contribution is 2.27. The number of fused-ring (bicyclic) bond motifs is 1. The van der Waals surface area contributed by atoms with E-state index in [0.717, 1.165) is 30.8 Å². The van der Waals surface area contributed by atoms with Gasteiger partial charge in [-0.15, -0.1) is 0 Å². The number of nitrogens with two attached hydrogens (primary N) is 1. The minimum atomic E-state index is -0.275. The molecule has 1 saturated heterocycles. The van der Waals surface area contributed by atoms with Crippen LogP contribution in [0.5, 0.6) is 0 Å². The largest absolute Gasteiger partial charge is 0.369 e. The minimum absolute atomic E-state index is 0.0950. The molecule has 0 spiro atoms. The number of piperidine rings is 1. The summed E-state index contributed by atoms with van der Waals surface area (Å²) >= 11 is 0. The van der Waals surface area contributed by atoms with Gasteiger partial charge in [-0.3, -0.25) is 9.59 Å². The smallest absolute Gasteiger partial charge is 0.256 e. The summed E-state index contributed by atoms with van der Waals surface area (Å²) in [7, 11) is 0. The van der Waals surface area contributed by atoms with Gasteiger partial charge in [0.15, 0.2) is 5.65 Å². The molecule has 9 nitrogen and oxygen atoms in total. The molecular weight excluding hydrogens is 454 g/mol. The number of anilines is 2. The Kier molecular flexibility index (Phi) is 6.37. The number of hydrogen-bond donors (Lipinski definition) is 2. The fourth-order valence-corrected chi connectivity index (χ4v) is 4.60. The van der Waals surface area contributed by atoms with Gasteiger partial charge in [0, 0.05) is 24.7 Å². The lowest BCUT2D eigenvalue weighted by atomic mass is 9.97. The molecule has 184 valence electrons. The summed E-state index contributed by atoms with van der Waals surface area (Å²) in [5, 5.41) is 8.14. The zero-order valence-electron chi connectivity index (χ0n) is 20.4. The summed E-state index contributed by atoms with van der Waals surface area (Å²) in [6.07, 6.45) is 5.02. The van der Waals surface area contributed by atoms with Crippen molar-refractivity contribution in [3.63, 3.8) is 0 Å². The molecule has 0 radical (unpaired) electrons. The van der Waals surface area contributed by atoms with Gasteiger partial charge in [0.2, 0.25) is 5.91 Å². The van der Waals surface area contributed by atoms with Gasteiger partial charge in [-0.1, -0.05) is 30.3 Å². The van der Waals surface area contributed by atoms with Crippen LogP contribution < -0.4 is 16.0 Å². The van der Waals surface area contributed by atoms with Crippen molar-refractivity contribution in [2.45, 2.75) is 32.7 Å². The lowest BCUT2D eigenvalue weighted by molar-refractivity contribution is -0.122. The number of nitrogens with one attached hydrogen (secondary N) is 1. The van der Waals surface area contributed by atoms with E-state index in [1.54, 1.807) is 18.5 Å². The molecule has 9 heteroatoms. The standard InChI is InChI=1S/C27H29N7O2/c1-17(2)34-26-22(15-30-34)21(13-23(32-26)18-7-4-3-5-8-18)27(36)31-20-10-11-24(29-14-20)33-12-6-9-19(16-33)25(28)35/h3-5,7-8,10-11,13-15,17,19H,6,9,12,16H2,1-2H3,(H2,28,35)(H,31,36). The lowest BCUT2D eigenvalue weighted by Gasteiger charge is -2.32. The van der Waals surface area contributed by atoms with Gasteiger partial charge in [0.25, 0.3) is 5.91 Å². The number of carbonyl (C=O) groups is 2. The second kappa shape index (κ2) is 9.77. The van der Waals surface area contributed by atoms with Crippen molar-refractivity contribution in [2.24, 2.45) is 11.7 Å². The van der Waals surface area contributed by atoms with Gasteiger partial charge in [-0.2, -0.15) is 5.10 Å². The monoisotopic (exact) mass is 483 g/mol. The van der Waals surface area contributed by atoms with Gasteiger partial charge in [-0.25, -0.2) is 14.6 Å². The maximum Gasteiger partial charge on any atom is 0.256 e. The van der Waals surface area contributed by atoms with Crippen LogP contribution in [0.2, 0.25) is 0 Å². The first-order chi connectivity index (χ1) is 17.4. The van der Waals surface area contributed by atoms with E-state index in [0.29, 0.717) is 34.5 Å². The third-order valence-electron chi connectivity index (χ3n) is 6.52. The Labute approximate surface area is 209 Å². The van der Waals surface area contributed by atoms with Crippen molar-refractivity contribution in [3.05, 3.63) is 66.5 Å². The molecule has 1 aliphatic rings. The molecule has 1 aliphatic heterocycles. The van der Waals surface area contributed by atoms with Crippen molar-refractivity contribution in [1.82, 2.24) is 19.7 Å². The molecule has 3 aromatic heterocycles. The number of amides is 2. The normalized spacial score (nSPS) is 15.9. The van der Waals surface area contributed by atoms with E-state index in [-0.39, 0.29) is 23.8 Å². The van der Waals surface area contributed by atoms with Crippen LogP contribution in [-0.4, -0.2) is 44.7 Å². The van der Waals surface area contributed by atoms with E-state index in [4.69, 9.17) is 10.7 Å². The molecule has 1 atom stereocenters. The minimum Gasteiger partial charge on any atom is -0.369 e. The SMILES string of the molecule is CC(C)n1ncc2c(C(=O)Nc3ccc(N4CCCC(C(N)=O)C4)nc3)cc(-c3ccccc3)nc21. The number of carbonyl (C=O) groups excluding carboxylic acids is 2. The second-order valence-corrected chi connectivity index (χ2v) is 9.39. The lowest BCUT2D eigenvalue weighted by Crippen LogP contribution is -2.41. The first kappa shape index (κ1) is 23.5. The molecule has 0 saturated carbocycles. The van der Waals surface area contributed by atoms with Crippen LogP contribution in [0.4, 0.5) is 11.5 Å². The predicted molar refractivity (Wildman–Crippen MR) is 140 cm³/mol. The molecule has 4 aromatic rings. The summed E-state index contributed by atoms with van der Waals surface area (Å²) in [6.45, 7) is 5.44. The van der Waals surface area contributed by atoms with Crippen molar-refractivity contribution in [3.8, 4) is 11.3 Å². The quantitative estimate of drug-likeness (QED) is 0.427. The van der Waals surface area contributed by atoms with E-state index in [2.05, 4.69) is 20.3 Å². The molecule has 4 heterocycles. The van der Waals surface area contributed by atoms with Crippen LogP contribution in [0, 0.1) is 5.92 Å². The molecule has 1 unspecified atom stereocenters. The van der Waals surface area contributed by atoms with E-state index >= 15 is 0 Å². The molecule has 0 bridgehead atoms. The third kappa shape index (κ3) is 4.64. The topological polar surface area (TPSA) is 119 Å². The Morgan fingerprint density at radius 1 is 1.11 bits per heavy atom. The van der Waals surface area contributed by atoms with Crippen LogP contribution in [0.25, 0.3) is 22.3 Å². The summed E-state index contributed by atoms with van der Waals surface area (Å²) in [5.74, 6) is 0.0570. The molecule has 3 N–H and O–H groups in total. The Morgan fingerprint density at radius 3 is 2.61 bits per heavy atom. The molecule has 0 aliphatic carbocycles. The van der Waals surface area contributed by atoms with Crippen LogP contribution in [-0.2, 0) is 4.79 Å². The Bertz CT molecular complexity index is 1400. The summed E-state index contributed by atoms with van der Waals surface area (Å²) < 4.78 is 1.83. The number of benzene rings is 1. The molecular formula is C27H29N7O2. The average Bonchev–Trinajstić information content (AvgIpc) is 3.33. The molecule has 1 aromatic carbocycles. The van der Waals surface area contributed by atoms with Crippen LogP contribution in [0.3, 0.4) is 0 Å². The number of pyridine rings is 2. The van der Waals surface area contributed by atoms with E-state index in [9.17, 15) is 9.59 Å². The number of hydrogen-bond acceptors (Lipinski definition) is 6. The number of primary amides is 1. The first-order valence-electron chi connectivity index (χ1n) is 12.2. The van der Waals surface area contributed by atoms with Crippen molar-refractivity contribution >= 4 is 34.4 Å². The molecule has 5 rings (SSSR count). The maximum atomic E-state index is 13.4. The Morgan fingerprint density at radius 2 is 1.92 bits per heavy atom. The second-order valence-electron chi connectivity index (χ2n) is 9.39. The highest BCUT2D eigenvalue weighted by atomic mass is 16.2. The molecule has 1 fully saturated rings. The Hall–Kier alpha value is -4.27. The van der Waals surface area contributed by atoms with Gasteiger partial charge in [-0.05, 0) is 44.9 Å². The van der Waals surface area contributed by atoms with Gasteiger partial charge < -0.3 is 16.0 Å². The highest BCUT2D eigenvalue weighted by molar-refractivity contribution is 6.12.